The van der Waals surface area contributed by atoms with Crippen LogP contribution in [0.15, 0.2) is 60.8 Å². The fraction of sp³-hybridized carbons (Fsp3) is 0.769. The summed E-state index contributed by atoms with van der Waals surface area (Å²) in [6, 6.07) is 0. The molecule has 0 fully saturated rings. The van der Waals surface area contributed by atoms with Crippen LogP contribution in [0.2, 0.25) is 0 Å². The van der Waals surface area contributed by atoms with Crippen LogP contribution in [0.1, 0.15) is 206 Å². The summed E-state index contributed by atoms with van der Waals surface area (Å²) in [6.07, 6.45) is 54.1. The molecule has 360 valence electrons. The molecule has 0 aromatic rings. The van der Waals surface area contributed by atoms with Crippen LogP contribution in [0.4, 0.5) is 0 Å². The smallest absolute Gasteiger partial charge is 0.306 e. The summed E-state index contributed by atoms with van der Waals surface area (Å²) >= 11 is 0. The van der Waals surface area contributed by atoms with E-state index in [9.17, 15) is 19.0 Å². The van der Waals surface area contributed by atoms with Crippen LogP contribution in [0.5, 0.6) is 0 Å². The van der Waals surface area contributed by atoms with Gasteiger partial charge in [-0.25, -0.2) is 0 Å². The lowest BCUT2D eigenvalue weighted by atomic mass is 10.0. The molecule has 0 aliphatic heterocycles. The minimum Gasteiger partial charge on any atom is -0.756 e. The molecule has 62 heavy (non-hydrogen) atoms. The van der Waals surface area contributed by atoms with Gasteiger partial charge in [0.05, 0.1) is 27.7 Å². The highest BCUT2D eigenvalue weighted by atomic mass is 31.2. The van der Waals surface area contributed by atoms with Crippen molar-refractivity contribution in [2.24, 2.45) is 0 Å². The van der Waals surface area contributed by atoms with E-state index < -0.39 is 32.5 Å². The van der Waals surface area contributed by atoms with Gasteiger partial charge in [0.15, 0.2) is 6.10 Å². The predicted octanol–water partition coefficient (Wildman–Crippen LogP) is 14.2. The fourth-order valence-corrected chi connectivity index (χ4v) is 7.42. The van der Waals surface area contributed by atoms with E-state index in [4.69, 9.17) is 18.5 Å². The zero-order chi connectivity index (χ0) is 45.7. The van der Waals surface area contributed by atoms with Crippen molar-refractivity contribution in [2.45, 2.75) is 213 Å². The maximum Gasteiger partial charge on any atom is 0.306 e. The third kappa shape index (κ3) is 47.2. The van der Waals surface area contributed by atoms with Gasteiger partial charge in [0, 0.05) is 12.8 Å². The van der Waals surface area contributed by atoms with Crippen LogP contribution < -0.4 is 4.89 Å². The minimum atomic E-state index is -4.64. The van der Waals surface area contributed by atoms with Gasteiger partial charge in [-0.05, 0) is 51.4 Å². The number of allylic oxidation sites excluding steroid dienone is 10. The zero-order valence-corrected chi connectivity index (χ0v) is 41.4. The molecule has 0 aliphatic rings. The first-order valence-corrected chi connectivity index (χ1v) is 26.5. The lowest BCUT2D eigenvalue weighted by Gasteiger charge is -2.28. The quantitative estimate of drug-likeness (QED) is 0.0195. The Morgan fingerprint density at radius 3 is 1.35 bits per heavy atom. The summed E-state index contributed by atoms with van der Waals surface area (Å²) in [5.74, 6) is -0.898. The van der Waals surface area contributed by atoms with Gasteiger partial charge in [-0.15, -0.1) is 0 Å². The Hall–Kier alpha value is -2.29. The van der Waals surface area contributed by atoms with Crippen molar-refractivity contribution in [1.82, 2.24) is 0 Å². The first-order valence-electron chi connectivity index (χ1n) is 25.0. The highest BCUT2D eigenvalue weighted by Gasteiger charge is 2.21. The Morgan fingerprint density at radius 1 is 0.516 bits per heavy atom. The molecule has 0 aromatic carbocycles. The zero-order valence-electron chi connectivity index (χ0n) is 40.6. The molecule has 0 saturated heterocycles. The number of phosphoric ester groups is 1. The van der Waals surface area contributed by atoms with Crippen molar-refractivity contribution in [1.29, 1.82) is 0 Å². The second kappa shape index (κ2) is 43.9. The standard InChI is InChI=1S/C52H94NO8P/c1-6-8-10-12-14-16-18-20-22-24-25-26-27-29-31-33-35-37-39-41-43-45-52(55)61-50(49-60-62(56,57)59-47-46-53(3,4)5)48-58-51(54)44-42-40-38-36-34-32-30-28-23-21-19-17-15-13-11-9-7-2/h9,11,15,17,21,23,30,32,36,38,50H,6-8,10,12-14,16,18-20,22,24-29,31,33-35,37,39-49H2,1-5H3/b11-9+,17-15+,23-21+,32-30+,38-36+/t50-/m1/s1. The Morgan fingerprint density at radius 2 is 0.919 bits per heavy atom. The molecule has 0 bridgehead atoms. The Bertz CT molecular complexity index is 1240. The summed E-state index contributed by atoms with van der Waals surface area (Å²) in [4.78, 5) is 37.7. The molecular weight excluding hydrogens is 798 g/mol. The average molecular weight is 892 g/mol. The van der Waals surface area contributed by atoms with Crippen molar-refractivity contribution in [3.8, 4) is 0 Å². The van der Waals surface area contributed by atoms with E-state index in [0.29, 0.717) is 23.9 Å². The highest BCUT2D eigenvalue weighted by Crippen LogP contribution is 2.38. The van der Waals surface area contributed by atoms with Crippen LogP contribution in [-0.2, 0) is 32.7 Å². The molecular formula is C52H94NO8P. The van der Waals surface area contributed by atoms with Crippen LogP contribution in [0.3, 0.4) is 0 Å². The van der Waals surface area contributed by atoms with Crippen molar-refractivity contribution in [3.05, 3.63) is 60.8 Å². The number of nitrogens with zero attached hydrogens (tertiary/aromatic N) is 1. The molecule has 0 heterocycles. The first-order chi connectivity index (χ1) is 30.0. The van der Waals surface area contributed by atoms with Crippen LogP contribution in [0, 0.1) is 0 Å². The van der Waals surface area contributed by atoms with E-state index in [1.165, 1.54) is 109 Å². The third-order valence-corrected chi connectivity index (χ3v) is 11.5. The summed E-state index contributed by atoms with van der Waals surface area (Å²) in [7, 11) is 1.13. The van der Waals surface area contributed by atoms with E-state index in [1.54, 1.807) is 0 Å². The van der Waals surface area contributed by atoms with Crippen molar-refractivity contribution < 1.29 is 42.1 Å². The number of carbonyl (C=O) groups excluding carboxylic acids is 2. The number of hydrogen-bond donors (Lipinski definition) is 0. The minimum absolute atomic E-state index is 0.0406. The Kier molecular flexibility index (Phi) is 42.3. The van der Waals surface area contributed by atoms with Gasteiger partial charge in [-0.2, -0.15) is 0 Å². The number of carbonyl (C=O) groups is 2. The number of likely N-dealkylation sites (N-methyl/N-ethyl adjacent to an activating group) is 1. The summed E-state index contributed by atoms with van der Waals surface area (Å²) < 4.78 is 34.0. The number of esters is 2. The molecule has 0 N–H and O–H groups in total. The van der Waals surface area contributed by atoms with E-state index >= 15 is 0 Å². The molecule has 0 saturated carbocycles. The normalized spacial score (nSPS) is 14.0. The van der Waals surface area contributed by atoms with E-state index in [1.807, 2.05) is 21.1 Å². The van der Waals surface area contributed by atoms with Gasteiger partial charge in [-0.3, -0.25) is 14.2 Å². The Balaban J connectivity index is 4.32. The molecule has 0 aromatic heterocycles. The van der Waals surface area contributed by atoms with E-state index in [0.717, 1.165) is 57.8 Å². The number of quaternary nitrogens is 1. The van der Waals surface area contributed by atoms with Gasteiger partial charge in [-0.1, -0.05) is 203 Å². The molecule has 10 heteroatoms. The predicted molar refractivity (Wildman–Crippen MR) is 259 cm³/mol. The lowest BCUT2D eigenvalue weighted by molar-refractivity contribution is -0.870. The largest absolute Gasteiger partial charge is 0.756 e. The van der Waals surface area contributed by atoms with Crippen molar-refractivity contribution >= 4 is 19.8 Å². The molecule has 0 amide bonds. The third-order valence-electron chi connectivity index (χ3n) is 10.6. The van der Waals surface area contributed by atoms with Crippen LogP contribution >= 0.6 is 7.82 Å². The Labute approximate surface area is 381 Å². The van der Waals surface area contributed by atoms with Gasteiger partial charge < -0.3 is 27.9 Å². The topological polar surface area (TPSA) is 111 Å². The maximum absolute atomic E-state index is 12.7. The van der Waals surface area contributed by atoms with Gasteiger partial charge in [0.2, 0.25) is 0 Å². The molecule has 9 nitrogen and oxygen atoms in total. The van der Waals surface area contributed by atoms with Crippen molar-refractivity contribution in [3.63, 3.8) is 0 Å². The number of hydrogen-bond acceptors (Lipinski definition) is 8. The highest BCUT2D eigenvalue weighted by molar-refractivity contribution is 7.45. The van der Waals surface area contributed by atoms with Gasteiger partial charge in [0.25, 0.3) is 7.82 Å². The molecule has 0 spiro atoms. The second-order valence-corrected chi connectivity index (χ2v) is 19.2. The van der Waals surface area contributed by atoms with E-state index in [2.05, 4.69) is 74.6 Å². The van der Waals surface area contributed by atoms with Crippen LogP contribution in [-0.4, -0.2) is 70.0 Å². The molecule has 1 unspecified atom stereocenters. The average Bonchev–Trinajstić information content (AvgIpc) is 3.23. The van der Waals surface area contributed by atoms with Gasteiger partial charge >= 0.3 is 11.9 Å². The molecule has 2 atom stereocenters. The summed E-state index contributed by atoms with van der Waals surface area (Å²) in [6.45, 7) is 4.07. The number of phosphoric acid groups is 1. The van der Waals surface area contributed by atoms with Gasteiger partial charge in [0.1, 0.15) is 19.8 Å². The van der Waals surface area contributed by atoms with E-state index in [-0.39, 0.29) is 26.1 Å². The molecule has 0 rings (SSSR count). The molecule has 0 aliphatic carbocycles. The molecule has 0 radical (unpaired) electrons. The summed E-state index contributed by atoms with van der Waals surface area (Å²) in [5, 5.41) is 0. The lowest BCUT2D eigenvalue weighted by Crippen LogP contribution is -2.37. The van der Waals surface area contributed by atoms with Crippen LogP contribution in [0.25, 0.3) is 0 Å². The number of rotatable bonds is 45. The fourth-order valence-electron chi connectivity index (χ4n) is 6.69. The number of unbranched alkanes of at least 4 members (excludes halogenated alkanes) is 21. The summed E-state index contributed by atoms with van der Waals surface area (Å²) in [5.41, 5.74) is 0. The van der Waals surface area contributed by atoms with Crippen molar-refractivity contribution in [2.75, 3.05) is 47.5 Å². The number of ether oxygens (including phenoxy) is 2. The SMILES string of the molecule is CC/C=C/C/C=C/C/C=C/C/C=C/C/C=C/CCCC(=O)OC[C@H](COP(=O)([O-])OCC[N+](C)(C)C)OC(=O)CCCCCCCCCCCCCCCCCCCCCCC. The monoisotopic (exact) mass is 892 g/mol. The first kappa shape index (κ1) is 59.7. The maximum atomic E-state index is 12.7. The second-order valence-electron chi connectivity index (χ2n) is 17.8.